The fourth-order valence-corrected chi connectivity index (χ4v) is 4.78. The molecule has 29 heavy (non-hydrogen) atoms. The number of hydrogen-bond acceptors (Lipinski definition) is 5. The lowest BCUT2D eigenvalue weighted by atomic mass is 10.2. The van der Waals surface area contributed by atoms with Crippen molar-refractivity contribution >= 4 is 27.3 Å². The maximum absolute atomic E-state index is 12.9. The van der Waals surface area contributed by atoms with Crippen molar-refractivity contribution in [1.82, 2.24) is 4.31 Å². The van der Waals surface area contributed by atoms with Crippen molar-refractivity contribution in [3.05, 3.63) is 48.0 Å². The number of benzene rings is 2. The monoisotopic (exact) mass is 417 g/mol. The molecule has 2 aromatic carbocycles. The first-order chi connectivity index (χ1) is 13.9. The predicted octanol–water partition coefficient (Wildman–Crippen LogP) is 3.23. The highest BCUT2D eigenvalue weighted by Gasteiger charge is 2.26. The van der Waals surface area contributed by atoms with Gasteiger partial charge in [0.25, 0.3) is 0 Å². The highest BCUT2D eigenvalue weighted by atomic mass is 32.2. The molecule has 0 spiro atoms. The molecule has 0 atom stereocenters. The molecule has 0 aliphatic carbocycles. The lowest BCUT2D eigenvalue weighted by Gasteiger charge is -2.26. The van der Waals surface area contributed by atoms with Gasteiger partial charge in [0, 0.05) is 24.5 Å². The van der Waals surface area contributed by atoms with Crippen molar-refractivity contribution in [3.63, 3.8) is 0 Å². The summed E-state index contributed by atoms with van der Waals surface area (Å²) >= 11 is 0. The van der Waals surface area contributed by atoms with Crippen molar-refractivity contribution in [2.24, 2.45) is 0 Å². The van der Waals surface area contributed by atoms with Crippen LogP contribution >= 0.6 is 0 Å². The Morgan fingerprint density at radius 3 is 2.41 bits per heavy atom. The molecule has 7 nitrogen and oxygen atoms in total. The highest BCUT2D eigenvalue weighted by Crippen LogP contribution is 2.25. The Bertz CT molecular complexity index is 952. The second-order valence-corrected chi connectivity index (χ2v) is 9.01. The molecular formula is C21H27N3O4S. The van der Waals surface area contributed by atoms with Gasteiger partial charge in [0.2, 0.25) is 15.9 Å². The Balaban J connectivity index is 1.66. The first-order valence-electron chi connectivity index (χ1n) is 9.69. The van der Waals surface area contributed by atoms with Gasteiger partial charge in [-0.15, -0.1) is 0 Å². The number of nitrogens with one attached hydrogen (secondary N) is 2. The summed E-state index contributed by atoms with van der Waals surface area (Å²) in [5, 5.41) is 5.85. The van der Waals surface area contributed by atoms with Crippen LogP contribution in [0.5, 0.6) is 5.75 Å². The lowest BCUT2D eigenvalue weighted by Crippen LogP contribution is -2.35. The van der Waals surface area contributed by atoms with E-state index in [0.29, 0.717) is 18.8 Å². The van der Waals surface area contributed by atoms with Gasteiger partial charge < -0.3 is 15.4 Å². The zero-order valence-corrected chi connectivity index (χ0v) is 17.6. The number of piperidine rings is 1. The minimum atomic E-state index is -3.54. The largest absolute Gasteiger partial charge is 0.497 e. The maximum atomic E-state index is 12.9. The molecule has 0 radical (unpaired) electrons. The number of carbonyl (C=O) groups excluding carboxylic acids is 1. The number of anilines is 2. The Kier molecular flexibility index (Phi) is 6.76. The summed E-state index contributed by atoms with van der Waals surface area (Å²) in [5.74, 6) is 0.485. The van der Waals surface area contributed by atoms with Crippen LogP contribution in [-0.4, -0.2) is 45.4 Å². The SMILES string of the molecule is COc1ccc(NCC(=O)Nc2cc(S(=O)(=O)N3CCCCC3)ccc2C)cc1. The second-order valence-electron chi connectivity index (χ2n) is 7.07. The third-order valence-corrected chi connectivity index (χ3v) is 6.87. The Morgan fingerprint density at radius 1 is 1.07 bits per heavy atom. The molecule has 3 rings (SSSR count). The van der Waals surface area contributed by atoms with Gasteiger partial charge >= 0.3 is 0 Å². The number of rotatable bonds is 7. The molecule has 156 valence electrons. The Morgan fingerprint density at radius 2 is 1.76 bits per heavy atom. The summed E-state index contributed by atoms with van der Waals surface area (Å²) in [7, 11) is -1.95. The number of ether oxygens (including phenoxy) is 1. The van der Waals surface area contributed by atoms with E-state index in [1.165, 1.54) is 4.31 Å². The summed E-state index contributed by atoms with van der Waals surface area (Å²) in [6.07, 6.45) is 2.82. The van der Waals surface area contributed by atoms with Gasteiger partial charge in [-0.1, -0.05) is 12.5 Å². The minimum Gasteiger partial charge on any atom is -0.497 e. The molecule has 2 aromatic rings. The lowest BCUT2D eigenvalue weighted by molar-refractivity contribution is -0.114. The van der Waals surface area contributed by atoms with Gasteiger partial charge in [-0.3, -0.25) is 4.79 Å². The van der Waals surface area contributed by atoms with E-state index in [0.717, 1.165) is 36.3 Å². The van der Waals surface area contributed by atoms with Crippen LogP contribution in [0, 0.1) is 6.92 Å². The third-order valence-electron chi connectivity index (χ3n) is 4.98. The summed E-state index contributed by atoms with van der Waals surface area (Å²) < 4.78 is 32.4. The van der Waals surface area contributed by atoms with Crippen LogP contribution < -0.4 is 15.4 Å². The van der Waals surface area contributed by atoms with Gasteiger partial charge in [-0.05, 0) is 61.7 Å². The van der Waals surface area contributed by atoms with Crippen LogP contribution in [0.25, 0.3) is 0 Å². The minimum absolute atomic E-state index is 0.0644. The summed E-state index contributed by atoms with van der Waals surface area (Å²) in [5.41, 5.74) is 2.10. The number of sulfonamides is 1. The van der Waals surface area contributed by atoms with Gasteiger partial charge in [-0.2, -0.15) is 4.31 Å². The molecule has 1 saturated heterocycles. The number of nitrogens with zero attached hydrogens (tertiary/aromatic N) is 1. The highest BCUT2D eigenvalue weighted by molar-refractivity contribution is 7.89. The van der Waals surface area contributed by atoms with Crippen molar-refractivity contribution in [2.45, 2.75) is 31.1 Å². The zero-order valence-electron chi connectivity index (χ0n) is 16.8. The van der Waals surface area contributed by atoms with Crippen LogP contribution in [0.3, 0.4) is 0 Å². The van der Waals surface area contributed by atoms with E-state index in [9.17, 15) is 13.2 Å². The van der Waals surface area contributed by atoms with Crippen LogP contribution in [0.2, 0.25) is 0 Å². The molecule has 0 bridgehead atoms. The van der Waals surface area contributed by atoms with Crippen molar-refractivity contribution < 1.29 is 17.9 Å². The molecule has 0 aromatic heterocycles. The zero-order chi connectivity index (χ0) is 20.9. The number of carbonyl (C=O) groups is 1. The van der Waals surface area contributed by atoms with E-state index < -0.39 is 10.0 Å². The van der Waals surface area contributed by atoms with Crippen molar-refractivity contribution in [2.75, 3.05) is 37.4 Å². The summed E-state index contributed by atoms with van der Waals surface area (Å²) in [4.78, 5) is 12.6. The molecule has 8 heteroatoms. The van der Waals surface area contributed by atoms with Crippen LogP contribution in [0.15, 0.2) is 47.4 Å². The van der Waals surface area contributed by atoms with Crippen molar-refractivity contribution in [1.29, 1.82) is 0 Å². The van der Waals surface area contributed by atoms with E-state index >= 15 is 0 Å². The van der Waals surface area contributed by atoms with Gasteiger partial charge in [0.1, 0.15) is 5.75 Å². The number of hydrogen-bond donors (Lipinski definition) is 2. The van der Waals surface area contributed by atoms with E-state index in [2.05, 4.69) is 10.6 Å². The fourth-order valence-electron chi connectivity index (χ4n) is 3.24. The Labute approximate surface area is 172 Å². The molecule has 1 fully saturated rings. The molecule has 1 heterocycles. The molecular weight excluding hydrogens is 390 g/mol. The molecule has 1 amide bonds. The molecule has 0 saturated carbocycles. The number of aryl methyl sites for hydroxylation is 1. The predicted molar refractivity (Wildman–Crippen MR) is 114 cm³/mol. The van der Waals surface area contributed by atoms with E-state index in [1.807, 2.05) is 19.1 Å². The summed E-state index contributed by atoms with van der Waals surface area (Å²) in [6, 6.07) is 12.1. The van der Waals surface area contributed by atoms with Gasteiger partial charge in [0.05, 0.1) is 18.6 Å². The van der Waals surface area contributed by atoms with Crippen LogP contribution in [0.4, 0.5) is 11.4 Å². The quantitative estimate of drug-likeness (QED) is 0.722. The van der Waals surface area contributed by atoms with Gasteiger partial charge in [-0.25, -0.2) is 8.42 Å². The average Bonchev–Trinajstić information content (AvgIpc) is 2.74. The third kappa shape index (κ3) is 5.27. The number of amides is 1. The first-order valence-corrected chi connectivity index (χ1v) is 11.1. The van der Waals surface area contributed by atoms with Crippen LogP contribution in [0.1, 0.15) is 24.8 Å². The number of methoxy groups -OCH3 is 1. The second kappa shape index (κ2) is 9.28. The topological polar surface area (TPSA) is 87.7 Å². The maximum Gasteiger partial charge on any atom is 0.243 e. The van der Waals surface area contributed by atoms with Crippen LogP contribution in [-0.2, 0) is 14.8 Å². The Hall–Kier alpha value is -2.58. The first kappa shape index (κ1) is 21.1. The standard InChI is InChI=1S/C21H27N3O4S/c1-16-6-11-19(29(26,27)24-12-4-3-5-13-24)14-20(16)23-21(25)15-22-17-7-9-18(28-2)10-8-17/h6-11,14,22H,3-5,12-13,15H2,1-2H3,(H,23,25). The normalized spacial score (nSPS) is 15.0. The molecule has 1 aliphatic heterocycles. The summed E-state index contributed by atoms with van der Waals surface area (Å²) in [6.45, 7) is 2.99. The van der Waals surface area contributed by atoms with Crippen molar-refractivity contribution in [3.8, 4) is 5.75 Å². The average molecular weight is 418 g/mol. The molecule has 0 unspecified atom stereocenters. The fraction of sp³-hybridized carbons (Fsp3) is 0.381. The smallest absolute Gasteiger partial charge is 0.243 e. The molecule has 2 N–H and O–H groups in total. The molecule has 1 aliphatic rings. The van der Waals surface area contributed by atoms with Gasteiger partial charge in [0.15, 0.2) is 0 Å². The van der Waals surface area contributed by atoms with E-state index in [4.69, 9.17) is 4.74 Å². The van der Waals surface area contributed by atoms with E-state index in [1.54, 1.807) is 37.4 Å². The van der Waals surface area contributed by atoms with E-state index in [-0.39, 0.29) is 17.3 Å².